The number of thiazole rings is 1. The largest absolute Gasteiger partial charge is 0.427 e. The molecule has 1 unspecified atom stereocenters. The molecule has 0 saturated heterocycles. The summed E-state index contributed by atoms with van der Waals surface area (Å²) in [5.74, 6) is -1.99. The number of hydrogen-bond donors (Lipinski definition) is 1. The maximum atomic E-state index is 13.1. The number of aromatic nitrogens is 1. The van der Waals surface area contributed by atoms with Gasteiger partial charge in [0.1, 0.15) is 4.88 Å². The van der Waals surface area contributed by atoms with Gasteiger partial charge in [0.15, 0.2) is 16.8 Å². The molecule has 1 aromatic carbocycles. The molecule has 20 heavy (non-hydrogen) atoms. The highest BCUT2D eigenvalue weighted by molar-refractivity contribution is 7.15. The van der Waals surface area contributed by atoms with Gasteiger partial charge in [0.25, 0.3) is 0 Å². The molecule has 0 saturated carbocycles. The number of hydrogen-bond acceptors (Lipinski definition) is 3. The molecule has 0 radical (unpaired) electrons. The molecule has 0 bridgehead atoms. The second-order valence-electron chi connectivity index (χ2n) is 4.07. The quantitative estimate of drug-likeness (QED) is 0.837. The van der Waals surface area contributed by atoms with Gasteiger partial charge in [0, 0.05) is 0 Å². The summed E-state index contributed by atoms with van der Waals surface area (Å²) < 4.78 is 63.1. The van der Waals surface area contributed by atoms with Crippen molar-refractivity contribution in [3.05, 3.63) is 46.5 Å². The minimum atomic E-state index is -4.44. The SMILES string of the molecule is CC(Nc1ncc(C(F)(F)F)s1)c1ccc(F)c(F)c1. The minimum absolute atomic E-state index is 0.0644. The predicted molar refractivity (Wildman–Crippen MR) is 65.5 cm³/mol. The van der Waals surface area contributed by atoms with Gasteiger partial charge in [-0.15, -0.1) is 0 Å². The van der Waals surface area contributed by atoms with E-state index in [9.17, 15) is 22.0 Å². The summed E-state index contributed by atoms with van der Waals surface area (Å²) >= 11 is 0.455. The van der Waals surface area contributed by atoms with Crippen LogP contribution in [0.5, 0.6) is 0 Å². The van der Waals surface area contributed by atoms with Crippen LogP contribution in [0.25, 0.3) is 0 Å². The van der Waals surface area contributed by atoms with Crippen molar-refractivity contribution in [2.45, 2.75) is 19.1 Å². The number of anilines is 1. The lowest BCUT2D eigenvalue weighted by molar-refractivity contribution is -0.134. The van der Waals surface area contributed by atoms with Crippen molar-refractivity contribution in [2.75, 3.05) is 5.32 Å². The fourth-order valence-corrected chi connectivity index (χ4v) is 2.29. The van der Waals surface area contributed by atoms with Gasteiger partial charge in [-0.05, 0) is 24.6 Å². The van der Waals surface area contributed by atoms with Crippen LogP contribution in [0.3, 0.4) is 0 Å². The molecular formula is C12H9F5N2S. The molecule has 108 valence electrons. The van der Waals surface area contributed by atoms with Gasteiger partial charge in [-0.3, -0.25) is 0 Å². The van der Waals surface area contributed by atoms with Crippen LogP contribution in [0.1, 0.15) is 23.4 Å². The summed E-state index contributed by atoms with van der Waals surface area (Å²) in [6.45, 7) is 1.61. The summed E-state index contributed by atoms with van der Waals surface area (Å²) in [5.41, 5.74) is 0.410. The van der Waals surface area contributed by atoms with Gasteiger partial charge in [-0.25, -0.2) is 13.8 Å². The van der Waals surface area contributed by atoms with Gasteiger partial charge < -0.3 is 5.32 Å². The van der Waals surface area contributed by atoms with E-state index in [4.69, 9.17) is 0 Å². The standard InChI is InChI=1S/C12H9F5N2S/c1-6(7-2-3-8(13)9(14)4-7)19-11-18-5-10(20-11)12(15,16)17/h2-6H,1H3,(H,18,19). The zero-order chi connectivity index (χ0) is 14.9. The Kier molecular flexibility index (Phi) is 3.94. The van der Waals surface area contributed by atoms with Gasteiger partial charge in [-0.2, -0.15) is 13.2 Å². The molecule has 1 atom stereocenters. The Hall–Kier alpha value is -1.70. The van der Waals surface area contributed by atoms with E-state index in [-0.39, 0.29) is 5.13 Å². The molecular weight excluding hydrogens is 299 g/mol. The third-order valence-electron chi connectivity index (χ3n) is 2.57. The number of halogens is 5. The van der Waals surface area contributed by atoms with E-state index in [2.05, 4.69) is 10.3 Å². The summed E-state index contributed by atoms with van der Waals surface area (Å²) in [7, 11) is 0. The fraction of sp³-hybridized carbons (Fsp3) is 0.250. The highest BCUT2D eigenvalue weighted by Gasteiger charge is 2.33. The van der Waals surface area contributed by atoms with E-state index in [1.807, 2.05) is 0 Å². The van der Waals surface area contributed by atoms with E-state index in [1.54, 1.807) is 6.92 Å². The maximum absolute atomic E-state index is 13.1. The maximum Gasteiger partial charge on any atom is 0.427 e. The Balaban J connectivity index is 2.13. The first-order valence-corrected chi connectivity index (χ1v) is 6.33. The predicted octanol–water partition coefficient (Wildman–Crippen LogP) is 4.61. The first-order chi connectivity index (χ1) is 9.27. The fourth-order valence-electron chi connectivity index (χ4n) is 1.52. The second kappa shape index (κ2) is 5.35. The van der Waals surface area contributed by atoms with Gasteiger partial charge in [0.2, 0.25) is 0 Å². The van der Waals surface area contributed by atoms with Crippen molar-refractivity contribution < 1.29 is 22.0 Å². The van der Waals surface area contributed by atoms with Crippen LogP contribution < -0.4 is 5.32 Å². The Morgan fingerprint density at radius 2 is 1.90 bits per heavy atom. The molecule has 2 aromatic rings. The Bertz CT molecular complexity index is 608. The van der Waals surface area contributed by atoms with E-state index in [0.29, 0.717) is 16.9 Å². The lowest BCUT2D eigenvalue weighted by atomic mass is 10.1. The lowest BCUT2D eigenvalue weighted by Gasteiger charge is -2.13. The number of rotatable bonds is 3. The van der Waals surface area contributed by atoms with Gasteiger partial charge in [0.05, 0.1) is 12.2 Å². The summed E-state index contributed by atoms with van der Waals surface area (Å²) in [5, 5.41) is 2.78. The first-order valence-electron chi connectivity index (χ1n) is 5.52. The summed E-state index contributed by atoms with van der Waals surface area (Å²) in [4.78, 5) is 2.79. The Morgan fingerprint density at radius 1 is 1.20 bits per heavy atom. The van der Waals surface area contributed by atoms with Crippen molar-refractivity contribution in [1.29, 1.82) is 0 Å². The smallest absolute Gasteiger partial charge is 0.355 e. The van der Waals surface area contributed by atoms with Crippen LogP contribution in [0.2, 0.25) is 0 Å². The third kappa shape index (κ3) is 3.24. The molecule has 0 aliphatic carbocycles. The molecule has 0 aliphatic rings. The Morgan fingerprint density at radius 3 is 2.45 bits per heavy atom. The van der Waals surface area contributed by atoms with Crippen LogP contribution >= 0.6 is 11.3 Å². The topological polar surface area (TPSA) is 24.9 Å². The van der Waals surface area contributed by atoms with Crippen molar-refractivity contribution in [3.63, 3.8) is 0 Å². The van der Waals surface area contributed by atoms with E-state index in [0.717, 1.165) is 18.3 Å². The van der Waals surface area contributed by atoms with Crippen LogP contribution in [0.4, 0.5) is 27.1 Å². The highest BCUT2D eigenvalue weighted by atomic mass is 32.1. The molecule has 0 spiro atoms. The van der Waals surface area contributed by atoms with Gasteiger partial charge in [-0.1, -0.05) is 17.4 Å². The number of benzene rings is 1. The van der Waals surface area contributed by atoms with Crippen LogP contribution in [0.15, 0.2) is 24.4 Å². The average molecular weight is 308 g/mol. The van der Waals surface area contributed by atoms with Crippen LogP contribution in [-0.4, -0.2) is 4.98 Å². The highest BCUT2D eigenvalue weighted by Crippen LogP contribution is 2.36. The number of nitrogens with zero attached hydrogens (tertiary/aromatic N) is 1. The molecule has 8 heteroatoms. The normalized spacial score (nSPS) is 13.3. The van der Waals surface area contributed by atoms with Crippen molar-refractivity contribution >= 4 is 16.5 Å². The number of nitrogens with one attached hydrogen (secondary N) is 1. The second-order valence-corrected chi connectivity index (χ2v) is 5.10. The summed E-state index contributed by atoms with van der Waals surface area (Å²) in [6.07, 6.45) is -3.71. The minimum Gasteiger partial charge on any atom is -0.355 e. The summed E-state index contributed by atoms with van der Waals surface area (Å²) in [6, 6.07) is 2.81. The zero-order valence-corrected chi connectivity index (χ0v) is 10.9. The van der Waals surface area contributed by atoms with Crippen molar-refractivity contribution in [2.24, 2.45) is 0 Å². The molecule has 1 aromatic heterocycles. The van der Waals surface area contributed by atoms with Crippen molar-refractivity contribution in [3.8, 4) is 0 Å². The number of alkyl halides is 3. The lowest BCUT2D eigenvalue weighted by Crippen LogP contribution is -2.07. The van der Waals surface area contributed by atoms with Crippen LogP contribution in [0, 0.1) is 11.6 Å². The van der Waals surface area contributed by atoms with Gasteiger partial charge >= 0.3 is 6.18 Å². The molecule has 1 N–H and O–H groups in total. The molecule has 1 heterocycles. The first kappa shape index (κ1) is 14.7. The third-order valence-corrected chi connectivity index (χ3v) is 3.54. The average Bonchev–Trinajstić information content (AvgIpc) is 2.81. The molecule has 2 rings (SSSR count). The molecule has 2 nitrogen and oxygen atoms in total. The van der Waals surface area contributed by atoms with Crippen molar-refractivity contribution in [1.82, 2.24) is 4.98 Å². The molecule has 0 aliphatic heterocycles. The van der Waals surface area contributed by atoms with E-state index >= 15 is 0 Å². The monoisotopic (exact) mass is 308 g/mol. The zero-order valence-electron chi connectivity index (χ0n) is 10.1. The molecule has 0 fully saturated rings. The van der Waals surface area contributed by atoms with E-state index < -0.39 is 28.7 Å². The molecule has 0 amide bonds. The van der Waals surface area contributed by atoms with E-state index in [1.165, 1.54) is 6.07 Å². The van der Waals surface area contributed by atoms with Crippen LogP contribution in [-0.2, 0) is 6.18 Å². The Labute approximate surface area is 115 Å².